The first kappa shape index (κ1) is 21.3. The van der Waals surface area contributed by atoms with Crippen molar-refractivity contribution in [2.75, 3.05) is 0 Å². The monoisotopic (exact) mass is 405 g/mol. The minimum absolute atomic E-state index is 0.0300. The lowest BCUT2D eigenvalue weighted by molar-refractivity contribution is 0.0697. The molecule has 0 aliphatic rings. The molecule has 0 saturated carbocycles. The number of hydrogen-bond donors (Lipinski definition) is 1. The third kappa shape index (κ3) is 4.43. The van der Waals surface area contributed by atoms with Crippen molar-refractivity contribution in [1.82, 2.24) is 14.3 Å². The van der Waals surface area contributed by atoms with E-state index in [1.54, 1.807) is 27.4 Å². The smallest absolute Gasteiger partial charge is 0.346 e. The standard InChI is InChI=1S/C24H27N3O3/c1-4-6-11-22-25-27(17(3)5-2)24(30)26(22)16-18-12-14-19(15-13-18)20-9-7-8-10-21(20)23(28)29/h6-15,17H,4-5,16H2,1-3H3,(H,28,29). The Balaban J connectivity index is 1.94. The molecule has 1 atom stereocenters. The largest absolute Gasteiger partial charge is 0.478 e. The third-order valence-electron chi connectivity index (χ3n) is 5.19. The fourth-order valence-corrected chi connectivity index (χ4v) is 3.28. The second kappa shape index (κ2) is 9.39. The summed E-state index contributed by atoms with van der Waals surface area (Å²) in [5, 5.41) is 13.9. The molecule has 0 aliphatic heterocycles. The summed E-state index contributed by atoms with van der Waals surface area (Å²) in [6.45, 7) is 6.46. The number of carbonyl (C=O) groups is 1. The molecule has 0 amide bonds. The number of nitrogens with zero attached hydrogens (tertiary/aromatic N) is 3. The van der Waals surface area contributed by atoms with Crippen molar-refractivity contribution in [3.05, 3.63) is 82.0 Å². The molecular weight excluding hydrogens is 378 g/mol. The molecule has 0 saturated heterocycles. The van der Waals surface area contributed by atoms with E-state index in [4.69, 9.17) is 0 Å². The van der Waals surface area contributed by atoms with Gasteiger partial charge in [0.05, 0.1) is 18.2 Å². The lowest BCUT2D eigenvalue weighted by Crippen LogP contribution is -2.27. The van der Waals surface area contributed by atoms with E-state index in [-0.39, 0.29) is 17.3 Å². The van der Waals surface area contributed by atoms with Crippen LogP contribution in [-0.2, 0) is 6.54 Å². The van der Waals surface area contributed by atoms with Crippen molar-refractivity contribution < 1.29 is 9.90 Å². The van der Waals surface area contributed by atoms with Crippen LogP contribution in [0.4, 0.5) is 0 Å². The van der Waals surface area contributed by atoms with Crippen LogP contribution in [-0.4, -0.2) is 25.4 Å². The SMILES string of the molecule is CCC=Cc1nn(C(C)CC)c(=O)n1Cc1ccc(-c2ccccc2C(=O)O)cc1. The number of carboxylic acids is 1. The number of allylic oxidation sites excluding steroid dienone is 1. The Morgan fingerprint density at radius 1 is 1.13 bits per heavy atom. The zero-order chi connectivity index (χ0) is 21.7. The van der Waals surface area contributed by atoms with Crippen molar-refractivity contribution in [2.45, 2.75) is 46.2 Å². The predicted octanol–water partition coefficient (Wildman–Crippen LogP) is 4.85. The lowest BCUT2D eigenvalue weighted by atomic mass is 9.99. The molecule has 30 heavy (non-hydrogen) atoms. The second-order valence-corrected chi connectivity index (χ2v) is 7.29. The van der Waals surface area contributed by atoms with Crippen LogP contribution >= 0.6 is 0 Å². The first-order valence-electron chi connectivity index (χ1n) is 10.2. The van der Waals surface area contributed by atoms with E-state index < -0.39 is 5.97 Å². The van der Waals surface area contributed by atoms with Crippen LogP contribution in [0.2, 0.25) is 0 Å². The van der Waals surface area contributed by atoms with Crippen molar-refractivity contribution in [3.63, 3.8) is 0 Å². The quantitative estimate of drug-likeness (QED) is 0.581. The number of carboxylic acid groups (broad SMARTS) is 1. The van der Waals surface area contributed by atoms with E-state index in [2.05, 4.69) is 5.10 Å². The van der Waals surface area contributed by atoms with Gasteiger partial charge in [-0.25, -0.2) is 14.3 Å². The van der Waals surface area contributed by atoms with Gasteiger partial charge in [-0.05, 0) is 48.6 Å². The van der Waals surface area contributed by atoms with Gasteiger partial charge >= 0.3 is 11.7 Å². The highest BCUT2D eigenvalue weighted by atomic mass is 16.4. The molecule has 6 nitrogen and oxygen atoms in total. The Morgan fingerprint density at radius 3 is 2.47 bits per heavy atom. The Bertz CT molecular complexity index is 1110. The molecule has 0 radical (unpaired) electrons. The topological polar surface area (TPSA) is 77.1 Å². The summed E-state index contributed by atoms with van der Waals surface area (Å²) in [5.74, 6) is -0.312. The van der Waals surface area contributed by atoms with E-state index in [1.165, 1.54) is 0 Å². The van der Waals surface area contributed by atoms with Crippen molar-refractivity contribution in [2.24, 2.45) is 0 Å². The molecule has 0 bridgehead atoms. The predicted molar refractivity (Wildman–Crippen MR) is 119 cm³/mol. The summed E-state index contributed by atoms with van der Waals surface area (Å²) in [7, 11) is 0. The molecule has 6 heteroatoms. The number of rotatable bonds is 8. The molecule has 1 aromatic heterocycles. The van der Waals surface area contributed by atoms with Crippen LogP contribution in [0.15, 0.2) is 59.4 Å². The van der Waals surface area contributed by atoms with E-state index in [9.17, 15) is 14.7 Å². The van der Waals surface area contributed by atoms with Gasteiger partial charge in [-0.15, -0.1) is 0 Å². The van der Waals surface area contributed by atoms with E-state index in [1.807, 2.05) is 63.3 Å². The molecule has 1 N–H and O–H groups in total. The maximum Gasteiger partial charge on any atom is 0.346 e. The normalized spacial score (nSPS) is 12.4. The van der Waals surface area contributed by atoms with Crippen molar-refractivity contribution >= 4 is 12.0 Å². The molecular formula is C24H27N3O3. The number of benzene rings is 2. The van der Waals surface area contributed by atoms with E-state index in [0.717, 1.165) is 24.0 Å². The zero-order valence-corrected chi connectivity index (χ0v) is 17.6. The number of aromatic nitrogens is 3. The van der Waals surface area contributed by atoms with Gasteiger partial charge in [0.2, 0.25) is 0 Å². The van der Waals surface area contributed by atoms with Crippen LogP contribution in [0.1, 0.15) is 61.4 Å². The summed E-state index contributed by atoms with van der Waals surface area (Å²) >= 11 is 0. The van der Waals surface area contributed by atoms with Gasteiger partial charge in [0.15, 0.2) is 5.82 Å². The first-order chi connectivity index (χ1) is 14.5. The Kier molecular flexibility index (Phi) is 6.67. The van der Waals surface area contributed by atoms with Crippen molar-refractivity contribution in [3.8, 4) is 11.1 Å². The molecule has 0 fully saturated rings. The van der Waals surface area contributed by atoms with Crippen LogP contribution in [0, 0.1) is 0 Å². The van der Waals surface area contributed by atoms with E-state index >= 15 is 0 Å². The van der Waals surface area contributed by atoms with Gasteiger partial charge in [-0.1, -0.05) is 62.4 Å². The number of aromatic carboxylic acids is 1. The average Bonchev–Trinajstić information content (AvgIpc) is 3.07. The lowest BCUT2D eigenvalue weighted by Gasteiger charge is -2.09. The summed E-state index contributed by atoms with van der Waals surface area (Å²) in [6, 6.07) is 14.6. The Hall–Kier alpha value is -3.41. The molecule has 0 spiro atoms. The maximum absolute atomic E-state index is 12.9. The highest BCUT2D eigenvalue weighted by Gasteiger charge is 2.16. The third-order valence-corrected chi connectivity index (χ3v) is 5.19. The van der Waals surface area contributed by atoms with Gasteiger partial charge in [0.1, 0.15) is 0 Å². The number of hydrogen-bond acceptors (Lipinski definition) is 3. The molecule has 1 heterocycles. The minimum atomic E-state index is -0.953. The van der Waals surface area contributed by atoms with E-state index in [0.29, 0.717) is 17.9 Å². The fourth-order valence-electron chi connectivity index (χ4n) is 3.28. The average molecular weight is 405 g/mol. The fraction of sp³-hybridized carbons (Fsp3) is 0.292. The molecule has 156 valence electrons. The van der Waals surface area contributed by atoms with Gasteiger partial charge in [-0.2, -0.15) is 5.10 Å². The highest BCUT2D eigenvalue weighted by molar-refractivity contribution is 5.95. The van der Waals surface area contributed by atoms with Gasteiger partial charge in [0.25, 0.3) is 0 Å². The van der Waals surface area contributed by atoms with Crippen molar-refractivity contribution in [1.29, 1.82) is 0 Å². The molecule has 3 aromatic rings. The molecule has 0 aliphatic carbocycles. The van der Waals surface area contributed by atoms with Crippen LogP contribution < -0.4 is 5.69 Å². The summed E-state index contributed by atoms with van der Waals surface area (Å²) in [4.78, 5) is 24.4. The summed E-state index contributed by atoms with van der Waals surface area (Å²) < 4.78 is 3.23. The summed E-state index contributed by atoms with van der Waals surface area (Å²) in [6.07, 6.45) is 5.57. The Labute approximate surface area is 176 Å². The zero-order valence-electron chi connectivity index (χ0n) is 17.6. The second-order valence-electron chi connectivity index (χ2n) is 7.29. The molecule has 3 rings (SSSR count). The van der Waals surface area contributed by atoms with Crippen LogP contribution in [0.25, 0.3) is 17.2 Å². The summed E-state index contributed by atoms with van der Waals surface area (Å²) in [5.41, 5.74) is 2.59. The molecule has 1 unspecified atom stereocenters. The molecule has 2 aromatic carbocycles. The van der Waals surface area contributed by atoms with Gasteiger partial charge in [0, 0.05) is 0 Å². The Morgan fingerprint density at radius 2 is 1.83 bits per heavy atom. The van der Waals surface area contributed by atoms with Gasteiger partial charge < -0.3 is 5.11 Å². The maximum atomic E-state index is 12.9. The van der Waals surface area contributed by atoms with Crippen LogP contribution in [0.3, 0.4) is 0 Å². The highest BCUT2D eigenvalue weighted by Crippen LogP contribution is 2.24. The first-order valence-corrected chi connectivity index (χ1v) is 10.2. The van der Waals surface area contributed by atoms with Gasteiger partial charge in [-0.3, -0.25) is 4.57 Å². The minimum Gasteiger partial charge on any atom is -0.478 e. The van der Waals surface area contributed by atoms with Crippen LogP contribution in [0.5, 0.6) is 0 Å².